The Balaban J connectivity index is 0.00000114. The average Bonchev–Trinajstić information content (AvgIpc) is 3.42. The smallest absolute Gasteiger partial charge is 0.188 e. The molecule has 168 valence electrons. The van der Waals surface area contributed by atoms with E-state index < -0.39 is 0 Å². The molecule has 1 saturated heterocycles. The topological polar surface area (TPSA) is 49.8 Å². The van der Waals surface area contributed by atoms with Crippen molar-refractivity contribution in [2.75, 3.05) is 18.4 Å². The Hall–Kier alpha value is -1.44. The van der Waals surface area contributed by atoms with Crippen LogP contribution in [0, 0.1) is 23.6 Å². The largest absolute Gasteiger partial charge is 0.316 e. The van der Waals surface area contributed by atoms with E-state index in [1.54, 1.807) is 23.5 Å². The predicted octanol–water partition coefficient (Wildman–Crippen LogP) is 6.14. The zero-order valence-corrected chi connectivity index (χ0v) is 20.1. The highest BCUT2D eigenvalue weighted by Gasteiger charge is 2.38. The lowest BCUT2D eigenvalue weighted by Gasteiger charge is -2.17. The first-order valence-electron chi connectivity index (χ1n) is 9.90. The highest BCUT2D eigenvalue weighted by Crippen LogP contribution is 2.40. The van der Waals surface area contributed by atoms with Crippen LogP contribution in [0.2, 0.25) is 0 Å². The monoisotopic (exact) mass is 502 g/mol. The molecule has 0 spiro atoms. The maximum absolute atomic E-state index is 13.1. The van der Waals surface area contributed by atoms with Gasteiger partial charge in [0.1, 0.15) is 11.6 Å². The van der Waals surface area contributed by atoms with Crippen molar-refractivity contribution in [3.8, 4) is 10.4 Å². The van der Waals surface area contributed by atoms with Gasteiger partial charge in [-0.2, -0.15) is 0 Å². The maximum Gasteiger partial charge on any atom is 0.188 e. The third kappa shape index (κ3) is 5.88. The van der Waals surface area contributed by atoms with Gasteiger partial charge in [-0.15, -0.1) is 37.2 Å². The van der Waals surface area contributed by atoms with Crippen molar-refractivity contribution in [2.45, 2.75) is 19.3 Å². The summed E-state index contributed by atoms with van der Waals surface area (Å²) >= 11 is 1.55. The standard InChI is InChI=1S/C22H23FN4S.3ClH/c23-17-8-6-14(7-9-17)20-13-25-22(28-20)27-21-3-1-2-18(26-21)10-15-4-5-16-11-24-12-19(15)16;;;/h1-3,6-9,13,15-16,19,24H,4-5,10-12H2,(H,25,26,27);3*1H/t15-,16-,19-;;;/m1.../s1. The molecule has 3 atom stereocenters. The van der Waals surface area contributed by atoms with Crippen LogP contribution in [0.3, 0.4) is 0 Å². The number of hydrogen-bond donors (Lipinski definition) is 2. The number of halogens is 4. The van der Waals surface area contributed by atoms with Crippen LogP contribution in [0.1, 0.15) is 18.5 Å². The first kappa shape index (κ1) is 25.8. The highest BCUT2D eigenvalue weighted by molar-refractivity contribution is 7.18. The third-order valence-corrected chi connectivity index (χ3v) is 7.02. The van der Waals surface area contributed by atoms with Crippen molar-refractivity contribution in [3.63, 3.8) is 0 Å². The van der Waals surface area contributed by atoms with E-state index in [0.29, 0.717) is 0 Å². The lowest BCUT2D eigenvalue weighted by atomic mass is 9.89. The molecule has 0 unspecified atom stereocenters. The Kier molecular flexibility index (Phi) is 9.52. The second kappa shape index (κ2) is 11.4. The van der Waals surface area contributed by atoms with Gasteiger partial charge in [-0.3, -0.25) is 0 Å². The molecule has 0 radical (unpaired) electrons. The van der Waals surface area contributed by atoms with Gasteiger partial charge in [0.05, 0.1) is 4.88 Å². The van der Waals surface area contributed by atoms with Gasteiger partial charge < -0.3 is 10.6 Å². The summed E-state index contributed by atoms with van der Waals surface area (Å²) in [5.41, 5.74) is 2.12. The Bertz CT molecular complexity index is 969. The van der Waals surface area contributed by atoms with E-state index >= 15 is 0 Å². The van der Waals surface area contributed by atoms with E-state index in [4.69, 9.17) is 4.98 Å². The van der Waals surface area contributed by atoms with Gasteiger partial charge in [-0.05, 0) is 79.9 Å². The lowest BCUT2D eigenvalue weighted by Crippen LogP contribution is -2.18. The van der Waals surface area contributed by atoms with Crippen LogP contribution < -0.4 is 10.6 Å². The molecule has 0 bridgehead atoms. The van der Waals surface area contributed by atoms with Gasteiger partial charge in [0.25, 0.3) is 0 Å². The summed E-state index contributed by atoms with van der Waals surface area (Å²) in [5.74, 6) is 3.03. The normalized spacial score (nSPS) is 21.4. The van der Waals surface area contributed by atoms with Crippen molar-refractivity contribution >= 4 is 59.5 Å². The van der Waals surface area contributed by atoms with E-state index in [1.807, 2.05) is 12.3 Å². The van der Waals surface area contributed by atoms with Crippen molar-refractivity contribution in [2.24, 2.45) is 17.8 Å². The highest BCUT2D eigenvalue weighted by atomic mass is 35.5. The van der Waals surface area contributed by atoms with Gasteiger partial charge in [-0.1, -0.05) is 29.5 Å². The van der Waals surface area contributed by atoms with Gasteiger partial charge >= 0.3 is 0 Å². The first-order valence-corrected chi connectivity index (χ1v) is 10.7. The second-order valence-corrected chi connectivity index (χ2v) is 8.83. The van der Waals surface area contributed by atoms with Crippen molar-refractivity contribution in [3.05, 3.63) is 60.2 Å². The SMILES string of the molecule is Cl.Cl.Cl.Fc1ccc(-c2cnc(Nc3cccc(C[C@H]4CC[C@@H]5CNC[C@@H]54)n3)s2)cc1. The molecule has 3 heterocycles. The van der Waals surface area contributed by atoms with E-state index in [2.05, 4.69) is 27.8 Å². The molecule has 31 heavy (non-hydrogen) atoms. The Labute approximate surface area is 204 Å². The van der Waals surface area contributed by atoms with E-state index in [0.717, 1.165) is 51.3 Å². The van der Waals surface area contributed by atoms with E-state index in [-0.39, 0.29) is 43.0 Å². The molecule has 5 rings (SSSR count). The van der Waals surface area contributed by atoms with Crippen molar-refractivity contribution in [1.82, 2.24) is 15.3 Å². The number of rotatable bonds is 5. The van der Waals surface area contributed by atoms with E-state index in [1.165, 1.54) is 38.1 Å². The second-order valence-electron chi connectivity index (χ2n) is 7.80. The number of aromatic nitrogens is 2. The lowest BCUT2D eigenvalue weighted by molar-refractivity contribution is 0.372. The van der Waals surface area contributed by atoms with Gasteiger partial charge in [-0.25, -0.2) is 14.4 Å². The molecule has 2 aliphatic rings. The number of pyridine rings is 1. The summed E-state index contributed by atoms with van der Waals surface area (Å²) in [6.07, 6.45) is 5.54. The van der Waals surface area contributed by atoms with Crippen LogP contribution in [0.15, 0.2) is 48.7 Å². The summed E-state index contributed by atoms with van der Waals surface area (Å²) in [6, 6.07) is 12.7. The molecule has 1 aromatic carbocycles. The minimum Gasteiger partial charge on any atom is -0.316 e. The molecule has 1 saturated carbocycles. The average molecular weight is 504 g/mol. The van der Waals surface area contributed by atoms with Gasteiger partial charge in [0.2, 0.25) is 0 Å². The molecule has 1 aliphatic carbocycles. The summed E-state index contributed by atoms with van der Waals surface area (Å²) in [4.78, 5) is 10.3. The molecule has 0 amide bonds. The third-order valence-electron chi connectivity index (χ3n) is 6.05. The first-order chi connectivity index (χ1) is 13.7. The van der Waals surface area contributed by atoms with Crippen molar-refractivity contribution in [1.29, 1.82) is 0 Å². The Morgan fingerprint density at radius 1 is 1.03 bits per heavy atom. The molecular formula is C22H26Cl3FN4S. The minimum absolute atomic E-state index is 0. The zero-order chi connectivity index (χ0) is 18.9. The predicted molar refractivity (Wildman–Crippen MR) is 133 cm³/mol. The summed E-state index contributed by atoms with van der Waals surface area (Å²) in [7, 11) is 0. The van der Waals surface area contributed by atoms with Crippen LogP contribution in [0.25, 0.3) is 10.4 Å². The molecule has 1 aliphatic heterocycles. The number of nitrogens with one attached hydrogen (secondary N) is 2. The number of thiazole rings is 1. The summed E-state index contributed by atoms with van der Waals surface area (Å²) < 4.78 is 13.1. The quantitative estimate of drug-likeness (QED) is 0.439. The number of fused-ring (bicyclic) bond motifs is 1. The molecule has 2 N–H and O–H groups in total. The van der Waals surface area contributed by atoms with Gasteiger partial charge in [0, 0.05) is 11.9 Å². The minimum atomic E-state index is -0.227. The molecule has 4 nitrogen and oxygen atoms in total. The van der Waals surface area contributed by atoms with E-state index in [9.17, 15) is 4.39 Å². The zero-order valence-electron chi connectivity index (χ0n) is 16.8. The Morgan fingerprint density at radius 2 is 1.84 bits per heavy atom. The molecule has 2 fully saturated rings. The fourth-order valence-corrected chi connectivity index (χ4v) is 5.47. The summed E-state index contributed by atoms with van der Waals surface area (Å²) in [6.45, 7) is 2.36. The number of benzene rings is 1. The van der Waals surface area contributed by atoms with Crippen LogP contribution in [0.5, 0.6) is 0 Å². The van der Waals surface area contributed by atoms with Gasteiger partial charge in [0.15, 0.2) is 5.13 Å². The molecule has 9 heteroatoms. The van der Waals surface area contributed by atoms with Crippen LogP contribution in [0.4, 0.5) is 15.3 Å². The molecule has 3 aromatic rings. The number of nitrogens with zero attached hydrogens (tertiary/aromatic N) is 2. The maximum atomic E-state index is 13.1. The molecular weight excluding hydrogens is 478 g/mol. The molecule has 2 aromatic heterocycles. The Morgan fingerprint density at radius 3 is 2.65 bits per heavy atom. The fourth-order valence-electron chi connectivity index (χ4n) is 4.64. The fraction of sp³-hybridized carbons (Fsp3) is 0.364. The van der Waals surface area contributed by atoms with Crippen LogP contribution in [-0.4, -0.2) is 23.1 Å². The number of anilines is 2. The van der Waals surface area contributed by atoms with Crippen LogP contribution in [-0.2, 0) is 6.42 Å². The van der Waals surface area contributed by atoms with Crippen molar-refractivity contribution < 1.29 is 4.39 Å². The van der Waals surface area contributed by atoms with Crippen LogP contribution >= 0.6 is 48.6 Å². The summed E-state index contributed by atoms with van der Waals surface area (Å²) in [5, 5.41) is 7.67. The number of hydrogen-bond acceptors (Lipinski definition) is 5.